The van der Waals surface area contributed by atoms with Crippen LogP contribution in [0.5, 0.6) is 5.75 Å². The Balaban J connectivity index is 2.15. The van der Waals surface area contributed by atoms with Gasteiger partial charge in [-0.05, 0) is 24.6 Å². The van der Waals surface area contributed by atoms with E-state index in [9.17, 15) is 4.79 Å². The molecule has 2 rings (SSSR count). The molecule has 4 nitrogen and oxygen atoms in total. The van der Waals surface area contributed by atoms with Crippen molar-refractivity contribution >= 4 is 17.5 Å². The van der Waals surface area contributed by atoms with Gasteiger partial charge < -0.3 is 10.5 Å². The maximum absolute atomic E-state index is 11.7. The highest BCUT2D eigenvalue weighted by Gasteiger charge is 2.17. The van der Waals surface area contributed by atoms with E-state index in [4.69, 9.17) is 22.1 Å². The van der Waals surface area contributed by atoms with Gasteiger partial charge in [-0.25, -0.2) is 0 Å². The van der Waals surface area contributed by atoms with Crippen molar-refractivity contribution in [1.82, 2.24) is 5.32 Å². The zero-order chi connectivity index (χ0) is 15.9. The summed E-state index contributed by atoms with van der Waals surface area (Å²) in [6.07, 6.45) is 0. The van der Waals surface area contributed by atoms with Crippen molar-refractivity contribution in [2.24, 2.45) is 5.73 Å². The lowest BCUT2D eigenvalue weighted by molar-refractivity contribution is -0.120. The molecule has 116 valence electrons. The molecule has 2 aromatic carbocycles. The Morgan fingerprint density at radius 1 is 1.27 bits per heavy atom. The molecule has 2 aromatic rings. The lowest BCUT2D eigenvalue weighted by Gasteiger charge is -2.17. The predicted molar refractivity (Wildman–Crippen MR) is 87.8 cm³/mol. The van der Waals surface area contributed by atoms with Gasteiger partial charge in [0, 0.05) is 17.1 Å². The summed E-state index contributed by atoms with van der Waals surface area (Å²) < 4.78 is 5.58. The molecule has 0 saturated carbocycles. The van der Waals surface area contributed by atoms with Crippen LogP contribution in [0.3, 0.4) is 0 Å². The topological polar surface area (TPSA) is 64.3 Å². The maximum Gasteiger partial charge on any atom is 0.239 e. The minimum atomic E-state index is -0.550. The first-order valence-corrected chi connectivity index (χ1v) is 7.48. The van der Waals surface area contributed by atoms with E-state index in [1.165, 1.54) is 0 Å². The zero-order valence-corrected chi connectivity index (χ0v) is 13.1. The fourth-order valence-electron chi connectivity index (χ4n) is 2.20. The number of carbonyl (C=O) groups is 1. The Kier molecular flexibility index (Phi) is 5.81. The van der Waals surface area contributed by atoms with E-state index in [1.54, 1.807) is 12.1 Å². The van der Waals surface area contributed by atoms with Crippen LogP contribution in [0.4, 0.5) is 0 Å². The van der Waals surface area contributed by atoms with Crippen LogP contribution in [0.1, 0.15) is 24.1 Å². The van der Waals surface area contributed by atoms with E-state index in [0.717, 1.165) is 11.1 Å². The average Bonchev–Trinajstić information content (AvgIpc) is 2.50. The van der Waals surface area contributed by atoms with E-state index < -0.39 is 11.9 Å². The monoisotopic (exact) mass is 318 g/mol. The van der Waals surface area contributed by atoms with Crippen LogP contribution in [0.2, 0.25) is 5.02 Å². The number of carbonyl (C=O) groups excluding carboxylic acids is 1. The highest BCUT2D eigenvalue weighted by Crippen LogP contribution is 2.24. The third-order valence-electron chi connectivity index (χ3n) is 3.24. The highest BCUT2D eigenvalue weighted by atomic mass is 35.5. The molecule has 0 unspecified atom stereocenters. The van der Waals surface area contributed by atoms with Gasteiger partial charge in [0.05, 0.1) is 6.61 Å². The molecule has 5 heteroatoms. The predicted octanol–water partition coefficient (Wildman–Crippen LogP) is 3.05. The fourth-order valence-corrected chi connectivity index (χ4v) is 2.37. The van der Waals surface area contributed by atoms with Crippen molar-refractivity contribution in [2.75, 3.05) is 6.61 Å². The number of hydrogen-bond donors (Lipinski definition) is 2. The van der Waals surface area contributed by atoms with Gasteiger partial charge in [0.1, 0.15) is 11.8 Å². The van der Waals surface area contributed by atoms with Gasteiger partial charge in [0.15, 0.2) is 0 Å². The second-order valence-electron chi connectivity index (χ2n) is 4.81. The van der Waals surface area contributed by atoms with Crippen molar-refractivity contribution in [1.29, 1.82) is 0 Å². The molecule has 22 heavy (non-hydrogen) atoms. The number of amides is 1. The molecule has 0 heterocycles. The Bertz CT molecular complexity index is 632. The molecular formula is C17H19ClN2O2. The largest absolute Gasteiger partial charge is 0.493 e. The van der Waals surface area contributed by atoms with Gasteiger partial charge in [0.2, 0.25) is 5.91 Å². The lowest BCUT2D eigenvalue weighted by atomic mass is 10.1. The molecule has 0 aliphatic rings. The number of nitrogens with two attached hydrogens (primary N) is 1. The van der Waals surface area contributed by atoms with Gasteiger partial charge in [-0.15, -0.1) is 0 Å². The van der Waals surface area contributed by atoms with E-state index in [2.05, 4.69) is 5.32 Å². The molecule has 0 aliphatic carbocycles. The van der Waals surface area contributed by atoms with Crippen molar-refractivity contribution in [3.63, 3.8) is 0 Å². The van der Waals surface area contributed by atoms with Crippen LogP contribution >= 0.6 is 11.6 Å². The molecular weight excluding hydrogens is 300 g/mol. The van der Waals surface area contributed by atoms with Gasteiger partial charge in [-0.3, -0.25) is 10.1 Å². The Morgan fingerprint density at radius 3 is 2.64 bits per heavy atom. The Morgan fingerprint density at radius 2 is 2.00 bits per heavy atom. The van der Waals surface area contributed by atoms with Crippen LogP contribution in [-0.2, 0) is 11.3 Å². The van der Waals surface area contributed by atoms with Crippen LogP contribution in [0, 0.1) is 0 Å². The molecule has 0 radical (unpaired) electrons. The summed E-state index contributed by atoms with van der Waals surface area (Å²) >= 11 is 5.99. The summed E-state index contributed by atoms with van der Waals surface area (Å²) in [5.41, 5.74) is 7.26. The summed E-state index contributed by atoms with van der Waals surface area (Å²) in [6, 6.07) is 14.3. The quantitative estimate of drug-likeness (QED) is 0.824. The van der Waals surface area contributed by atoms with Crippen LogP contribution in [-0.4, -0.2) is 12.5 Å². The number of primary amides is 1. The first-order valence-electron chi connectivity index (χ1n) is 7.10. The number of benzene rings is 2. The average molecular weight is 319 g/mol. The van der Waals surface area contributed by atoms with Crippen LogP contribution < -0.4 is 15.8 Å². The van der Waals surface area contributed by atoms with Gasteiger partial charge in [0.25, 0.3) is 0 Å². The van der Waals surface area contributed by atoms with Gasteiger partial charge in [-0.1, -0.05) is 48.0 Å². The summed E-state index contributed by atoms with van der Waals surface area (Å²) in [4.78, 5) is 11.7. The molecule has 3 N–H and O–H groups in total. The highest BCUT2D eigenvalue weighted by molar-refractivity contribution is 6.30. The molecule has 1 atom stereocenters. The summed E-state index contributed by atoms with van der Waals surface area (Å²) in [5, 5.41) is 3.79. The minimum Gasteiger partial charge on any atom is -0.493 e. The van der Waals surface area contributed by atoms with Crippen LogP contribution in [0.15, 0.2) is 48.5 Å². The third-order valence-corrected chi connectivity index (χ3v) is 3.48. The second-order valence-corrected chi connectivity index (χ2v) is 5.25. The van der Waals surface area contributed by atoms with E-state index in [0.29, 0.717) is 23.9 Å². The third kappa shape index (κ3) is 4.23. The second kappa shape index (κ2) is 7.82. The van der Waals surface area contributed by atoms with Crippen molar-refractivity contribution < 1.29 is 9.53 Å². The molecule has 1 amide bonds. The molecule has 0 bridgehead atoms. The molecule has 0 aromatic heterocycles. The Labute approximate surface area is 135 Å². The van der Waals surface area contributed by atoms with Crippen LogP contribution in [0.25, 0.3) is 0 Å². The SMILES string of the molecule is CCOc1cc(Cl)ccc1CN[C@H](C(N)=O)c1ccccc1. The van der Waals surface area contributed by atoms with E-state index >= 15 is 0 Å². The number of ether oxygens (including phenoxy) is 1. The van der Waals surface area contributed by atoms with Crippen molar-refractivity contribution in [3.8, 4) is 5.75 Å². The normalized spacial score (nSPS) is 11.9. The number of halogens is 1. The lowest BCUT2D eigenvalue weighted by Crippen LogP contribution is -2.33. The maximum atomic E-state index is 11.7. The zero-order valence-electron chi connectivity index (χ0n) is 12.4. The molecule has 0 fully saturated rings. The minimum absolute atomic E-state index is 0.418. The fraction of sp³-hybridized carbons (Fsp3) is 0.235. The first-order chi connectivity index (χ1) is 10.6. The number of rotatable bonds is 7. The molecule has 0 aliphatic heterocycles. The smallest absolute Gasteiger partial charge is 0.239 e. The van der Waals surface area contributed by atoms with Crippen molar-refractivity contribution in [2.45, 2.75) is 19.5 Å². The molecule has 0 saturated heterocycles. The summed E-state index contributed by atoms with van der Waals surface area (Å²) in [7, 11) is 0. The first kappa shape index (κ1) is 16.3. The number of hydrogen-bond acceptors (Lipinski definition) is 3. The summed E-state index contributed by atoms with van der Waals surface area (Å²) in [6.45, 7) is 2.91. The van der Waals surface area contributed by atoms with Gasteiger partial charge >= 0.3 is 0 Å². The molecule has 0 spiro atoms. The number of nitrogens with one attached hydrogen (secondary N) is 1. The van der Waals surface area contributed by atoms with E-state index in [-0.39, 0.29) is 0 Å². The standard InChI is InChI=1S/C17H19ClN2O2/c1-2-22-15-10-14(18)9-8-13(15)11-20-16(17(19)21)12-6-4-3-5-7-12/h3-10,16,20H,2,11H2,1H3,(H2,19,21)/t16-/m0/s1. The van der Waals surface area contributed by atoms with E-state index in [1.807, 2.05) is 43.3 Å². The van der Waals surface area contributed by atoms with Crippen molar-refractivity contribution in [3.05, 3.63) is 64.7 Å². The Hall–Kier alpha value is -2.04. The van der Waals surface area contributed by atoms with Gasteiger partial charge in [-0.2, -0.15) is 0 Å². The summed E-state index contributed by atoms with van der Waals surface area (Å²) in [5.74, 6) is 0.289.